The third-order valence-corrected chi connectivity index (χ3v) is 4.96. The quantitative estimate of drug-likeness (QED) is 0.712. The summed E-state index contributed by atoms with van der Waals surface area (Å²) in [4.78, 5) is 16.9. The summed E-state index contributed by atoms with van der Waals surface area (Å²) in [5.41, 5.74) is 3.85. The molecule has 3 rings (SSSR count). The van der Waals surface area contributed by atoms with Gasteiger partial charge in [-0.2, -0.15) is 5.10 Å². The maximum atomic E-state index is 12.8. The molecule has 0 spiro atoms. The molecule has 0 saturated carbocycles. The highest BCUT2D eigenvalue weighted by atomic mass is 16.1. The highest BCUT2D eigenvalue weighted by molar-refractivity contribution is 5.94. The lowest BCUT2D eigenvalue weighted by Gasteiger charge is -2.31. The van der Waals surface area contributed by atoms with Gasteiger partial charge in [-0.25, -0.2) is 4.98 Å². The fourth-order valence-corrected chi connectivity index (χ4v) is 3.15. The molecule has 3 aromatic rings. The van der Waals surface area contributed by atoms with E-state index in [9.17, 15) is 4.79 Å². The highest BCUT2D eigenvalue weighted by Gasteiger charge is 2.27. The molecule has 28 heavy (non-hydrogen) atoms. The molecule has 0 aliphatic carbocycles. The van der Waals surface area contributed by atoms with Crippen LogP contribution in [0.3, 0.4) is 0 Å². The molecule has 0 aliphatic heterocycles. The Morgan fingerprint density at radius 1 is 1.18 bits per heavy atom. The fourth-order valence-electron chi connectivity index (χ4n) is 3.15. The van der Waals surface area contributed by atoms with E-state index in [1.807, 2.05) is 46.6 Å². The second-order valence-corrected chi connectivity index (χ2v) is 8.43. The van der Waals surface area contributed by atoms with Crippen LogP contribution in [0.1, 0.15) is 48.1 Å². The summed E-state index contributed by atoms with van der Waals surface area (Å²) in [6, 6.07) is 9.80. The summed E-state index contributed by atoms with van der Waals surface area (Å²) in [5, 5.41) is 7.68. The first kappa shape index (κ1) is 19.9. The first-order valence-corrected chi connectivity index (χ1v) is 9.59. The first-order valence-electron chi connectivity index (χ1n) is 9.59. The van der Waals surface area contributed by atoms with Crippen molar-refractivity contribution in [2.75, 3.05) is 0 Å². The summed E-state index contributed by atoms with van der Waals surface area (Å²) in [5.74, 6) is -0.0577. The molecule has 0 aliphatic rings. The third-order valence-electron chi connectivity index (χ3n) is 4.96. The van der Waals surface area contributed by atoms with Gasteiger partial charge in [0.2, 0.25) is 0 Å². The number of rotatable bonds is 6. The lowest BCUT2D eigenvalue weighted by Crippen LogP contribution is -2.46. The predicted molar refractivity (Wildman–Crippen MR) is 110 cm³/mol. The SMILES string of the molecule is Cc1cc(C)n(Cc2ccc(C(=O)N[C@@H](Cn3ccnc3)C(C)(C)C)cc2)n1. The number of hydrogen-bond acceptors (Lipinski definition) is 3. The van der Waals surface area contributed by atoms with Gasteiger partial charge in [-0.05, 0) is 43.0 Å². The molecule has 2 heterocycles. The molecule has 1 amide bonds. The molecule has 0 radical (unpaired) electrons. The van der Waals surface area contributed by atoms with Gasteiger partial charge in [-0.15, -0.1) is 0 Å². The van der Waals surface area contributed by atoms with E-state index in [0.29, 0.717) is 18.7 Å². The standard InChI is InChI=1S/C22H29N5O/c1-16-12-17(2)27(25-16)13-18-6-8-19(9-7-18)21(28)24-20(22(3,4)5)14-26-11-10-23-15-26/h6-12,15,20H,13-14H2,1-5H3,(H,24,28)/t20-/m0/s1. The second-order valence-electron chi connectivity index (χ2n) is 8.43. The Morgan fingerprint density at radius 2 is 1.89 bits per heavy atom. The van der Waals surface area contributed by atoms with E-state index in [4.69, 9.17) is 0 Å². The lowest BCUT2D eigenvalue weighted by atomic mass is 9.86. The molecule has 2 aromatic heterocycles. The number of aryl methyl sites for hydroxylation is 2. The van der Waals surface area contributed by atoms with Gasteiger partial charge in [-0.3, -0.25) is 9.48 Å². The zero-order valence-electron chi connectivity index (χ0n) is 17.3. The normalized spacial score (nSPS) is 12.8. The molecule has 0 saturated heterocycles. The monoisotopic (exact) mass is 379 g/mol. The van der Waals surface area contributed by atoms with Crippen LogP contribution in [-0.2, 0) is 13.1 Å². The number of imidazole rings is 1. The second kappa shape index (κ2) is 8.00. The van der Waals surface area contributed by atoms with Gasteiger partial charge in [0.05, 0.1) is 24.6 Å². The molecule has 1 atom stereocenters. The first-order chi connectivity index (χ1) is 13.2. The Labute approximate surface area is 166 Å². The molecule has 6 nitrogen and oxygen atoms in total. The van der Waals surface area contributed by atoms with E-state index in [-0.39, 0.29) is 17.4 Å². The van der Waals surface area contributed by atoms with Crippen LogP contribution in [0.4, 0.5) is 0 Å². The Balaban J connectivity index is 1.68. The van der Waals surface area contributed by atoms with Crippen LogP contribution in [0.5, 0.6) is 0 Å². The van der Waals surface area contributed by atoms with Crippen molar-refractivity contribution in [1.29, 1.82) is 0 Å². The van der Waals surface area contributed by atoms with Crippen LogP contribution in [0.15, 0.2) is 49.1 Å². The summed E-state index contributed by atoms with van der Waals surface area (Å²) < 4.78 is 3.97. The fraction of sp³-hybridized carbons (Fsp3) is 0.409. The Kier molecular flexibility index (Phi) is 5.68. The minimum atomic E-state index is -0.0741. The van der Waals surface area contributed by atoms with Crippen LogP contribution in [0, 0.1) is 19.3 Å². The average Bonchev–Trinajstić information content (AvgIpc) is 3.23. The lowest BCUT2D eigenvalue weighted by molar-refractivity contribution is 0.0892. The smallest absolute Gasteiger partial charge is 0.251 e. The van der Waals surface area contributed by atoms with Gasteiger partial charge in [0.1, 0.15) is 0 Å². The van der Waals surface area contributed by atoms with Gasteiger partial charge in [0, 0.05) is 30.2 Å². The Morgan fingerprint density at radius 3 is 2.43 bits per heavy atom. The van der Waals surface area contributed by atoms with E-state index >= 15 is 0 Å². The van der Waals surface area contributed by atoms with Crippen molar-refractivity contribution >= 4 is 5.91 Å². The van der Waals surface area contributed by atoms with Crippen molar-refractivity contribution in [2.45, 2.75) is 53.8 Å². The van der Waals surface area contributed by atoms with E-state index in [1.54, 1.807) is 12.5 Å². The van der Waals surface area contributed by atoms with Crippen molar-refractivity contribution in [3.63, 3.8) is 0 Å². The topological polar surface area (TPSA) is 64.7 Å². The molecule has 148 valence electrons. The maximum absolute atomic E-state index is 12.8. The predicted octanol–water partition coefficient (Wildman–Crippen LogP) is 3.59. The van der Waals surface area contributed by atoms with Gasteiger partial charge in [0.15, 0.2) is 0 Å². The third kappa shape index (κ3) is 4.88. The number of carbonyl (C=O) groups is 1. The van der Waals surface area contributed by atoms with Crippen LogP contribution in [0.25, 0.3) is 0 Å². The van der Waals surface area contributed by atoms with Gasteiger partial charge in [-0.1, -0.05) is 32.9 Å². The van der Waals surface area contributed by atoms with Crippen LogP contribution >= 0.6 is 0 Å². The summed E-state index contributed by atoms with van der Waals surface area (Å²) in [6.07, 6.45) is 5.44. The molecular formula is C22H29N5O. The van der Waals surface area contributed by atoms with Crippen molar-refractivity contribution in [3.05, 3.63) is 71.6 Å². The van der Waals surface area contributed by atoms with Gasteiger partial charge in [0.25, 0.3) is 5.91 Å². The number of hydrogen-bond donors (Lipinski definition) is 1. The number of benzene rings is 1. The number of amides is 1. The number of carbonyl (C=O) groups excluding carboxylic acids is 1. The summed E-state index contributed by atoms with van der Waals surface area (Å²) >= 11 is 0. The molecule has 1 N–H and O–H groups in total. The van der Waals surface area contributed by atoms with E-state index in [0.717, 1.165) is 17.0 Å². The van der Waals surface area contributed by atoms with Crippen LogP contribution in [0.2, 0.25) is 0 Å². The molecule has 1 aromatic carbocycles. The van der Waals surface area contributed by atoms with Crippen molar-refractivity contribution < 1.29 is 4.79 Å². The Hall–Kier alpha value is -2.89. The van der Waals surface area contributed by atoms with Crippen LogP contribution < -0.4 is 5.32 Å². The molecule has 0 unspecified atom stereocenters. The zero-order chi connectivity index (χ0) is 20.3. The maximum Gasteiger partial charge on any atom is 0.251 e. The van der Waals surface area contributed by atoms with Gasteiger partial charge >= 0.3 is 0 Å². The van der Waals surface area contributed by atoms with Crippen LogP contribution in [-0.4, -0.2) is 31.3 Å². The van der Waals surface area contributed by atoms with E-state index in [2.05, 4.69) is 49.2 Å². The summed E-state index contributed by atoms with van der Waals surface area (Å²) in [6.45, 7) is 11.8. The molecular weight excluding hydrogens is 350 g/mol. The number of aromatic nitrogens is 4. The van der Waals surface area contributed by atoms with Crippen molar-refractivity contribution in [1.82, 2.24) is 24.6 Å². The Bertz CT molecular complexity index is 917. The van der Waals surface area contributed by atoms with Crippen molar-refractivity contribution in [2.24, 2.45) is 5.41 Å². The molecule has 0 bridgehead atoms. The largest absolute Gasteiger partial charge is 0.347 e. The molecule has 6 heteroatoms. The number of nitrogens with one attached hydrogen (secondary N) is 1. The minimum absolute atomic E-state index is 0.0106. The minimum Gasteiger partial charge on any atom is -0.347 e. The van der Waals surface area contributed by atoms with E-state index in [1.165, 1.54) is 0 Å². The van der Waals surface area contributed by atoms with Gasteiger partial charge < -0.3 is 9.88 Å². The summed E-state index contributed by atoms with van der Waals surface area (Å²) in [7, 11) is 0. The zero-order valence-corrected chi connectivity index (χ0v) is 17.3. The average molecular weight is 380 g/mol. The highest BCUT2D eigenvalue weighted by Crippen LogP contribution is 2.21. The van der Waals surface area contributed by atoms with E-state index < -0.39 is 0 Å². The number of nitrogens with zero attached hydrogens (tertiary/aromatic N) is 4. The van der Waals surface area contributed by atoms with Crippen molar-refractivity contribution in [3.8, 4) is 0 Å². The molecule has 0 fully saturated rings.